The second kappa shape index (κ2) is 5.99. The van der Waals surface area contributed by atoms with Crippen LogP contribution in [-0.4, -0.2) is 49.2 Å². The first-order chi connectivity index (χ1) is 9.42. The molecular formula is C15H19N3O. The molecule has 0 atom stereocenters. The van der Waals surface area contributed by atoms with Crippen molar-refractivity contribution in [3.05, 3.63) is 36.5 Å². The number of hydrogen-bond acceptors (Lipinski definition) is 4. The lowest BCUT2D eigenvalue weighted by Gasteiger charge is -2.26. The molecular weight excluding hydrogens is 238 g/mol. The SMILES string of the molecule is c1cnc2ccc(OCCN3CCNCC3)cc2c1. The lowest BCUT2D eigenvalue weighted by molar-refractivity contribution is 0.191. The van der Waals surface area contributed by atoms with Crippen LogP contribution in [0.2, 0.25) is 0 Å². The summed E-state index contributed by atoms with van der Waals surface area (Å²) in [6.45, 7) is 6.14. The smallest absolute Gasteiger partial charge is 0.120 e. The Bertz CT molecular complexity index is 538. The van der Waals surface area contributed by atoms with E-state index in [-0.39, 0.29) is 0 Å². The summed E-state index contributed by atoms with van der Waals surface area (Å²) in [5.41, 5.74) is 1.01. The quantitative estimate of drug-likeness (QED) is 0.901. The molecule has 4 heteroatoms. The number of nitrogens with one attached hydrogen (secondary N) is 1. The molecule has 19 heavy (non-hydrogen) atoms. The molecule has 0 aliphatic carbocycles. The van der Waals surface area contributed by atoms with Crippen molar-refractivity contribution in [2.75, 3.05) is 39.3 Å². The van der Waals surface area contributed by atoms with Crippen molar-refractivity contribution in [2.45, 2.75) is 0 Å². The second-order valence-electron chi connectivity index (χ2n) is 4.80. The minimum atomic E-state index is 0.742. The lowest BCUT2D eigenvalue weighted by atomic mass is 10.2. The zero-order valence-electron chi connectivity index (χ0n) is 11.0. The average Bonchev–Trinajstić information content (AvgIpc) is 2.48. The van der Waals surface area contributed by atoms with Crippen LogP contribution in [0.15, 0.2) is 36.5 Å². The fourth-order valence-corrected chi connectivity index (χ4v) is 2.37. The van der Waals surface area contributed by atoms with E-state index in [1.165, 1.54) is 0 Å². The molecule has 2 aromatic rings. The van der Waals surface area contributed by atoms with Crippen molar-refractivity contribution in [1.29, 1.82) is 0 Å². The molecule has 3 rings (SSSR count). The largest absolute Gasteiger partial charge is 0.492 e. The molecule has 1 fully saturated rings. The van der Waals surface area contributed by atoms with Crippen molar-refractivity contribution in [3.63, 3.8) is 0 Å². The minimum Gasteiger partial charge on any atom is -0.492 e. The van der Waals surface area contributed by atoms with E-state index in [4.69, 9.17) is 4.74 Å². The van der Waals surface area contributed by atoms with Crippen LogP contribution in [-0.2, 0) is 0 Å². The highest BCUT2D eigenvalue weighted by Gasteiger charge is 2.08. The molecule has 0 saturated carbocycles. The van der Waals surface area contributed by atoms with E-state index in [1.54, 1.807) is 0 Å². The van der Waals surface area contributed by atoms with Gasteiger partial charge in [-0.25, -0.2) is 0 Å². The van der Waals surface area contributed by atoms with Gasteiger partial charge in [0.2, 0.25) is 0 Å². The van der Waals surface area contributed by atoms with Crippen LogP contribution in [0, 0.1) is 0 Å². The number of hydrogen-bond donors (Lipinski definition) is 1. The normalized spacial score (nSPS) is 16.6. The summed E-state index contributed by atoms with van der Waals surface area (Å²) >= 11 is 0. The van der Waals surface area contributed by atoms with Crippen molar-refractivity contribution >= 4 is 10.9 Å². The van der Waals surface area contributed by atoms with Gasteiger partial charge in [-0.1, -0.05) is 6.07 Å². The van der Waals surface area contributed by atoms with E-state index in [9.17, 15) is 0 Å². The van der Waals surface area contributed by atoms with E-state index in [2.05, 4.69) is 27.3 Å². The molecule has 1 aliphatic rings. The molecule has 1 N–H and O–H groups in total. The zero-order valence-corrected chi connectivity index (χ0v) is 11.0. The number of fused-ring (bicyclic) bond motifs is 1. The number of piperazine rings is 1. The van der Waals surface area contributed by atoms with Gasteiger partial charge in [0.1, 0.15) is 12.4 Å². The summed E-state index contributed by atoms with van der Waals surface area (Å²) in [5, 5.41) is 4.48. The predicted octanol–water partition coefficient (Wildman–Crippen LogP) is 1.52. The first kappa shape index (κ1) is 12.4. The van der Waals surface area contributed by atoms with Crippen LogP contribution in [0.25, 0.3) is 10.9 Å². The summed E-state index contributed by atoms with van der Waals surface area (Å²) in [4.78, 5) is 6.73. The maximum atomic E-state index is 5.83. The molecule has 0 spiro atoms. The number of benzene rings is 1. The van der Waals surface area contributed by atoms with E-state index < -0.39 is 0 Å². The molecule has 4 nitrogen and oxygen atoms in total. The van der Waals surface area contributed by atoms with Crippen LogP contribution < -0.4 is 10.1 Å². The monoisotopic (exact) mass is 257 g/mol. The summed E-state index contributed by atoms with van der Waals surface area (Å²) in [6, 6.07) is 10.1. The Labute approximate surface area is 113 Å². The lowest BCUT2D eigenvalue weighted by Crippen LogP contribution is -2.44. The van der Waals surface area contributed by atoms with E-state index >= 15 is 0 Å². The third kappa shape index (κ3) is 3.22. The summed E-state index contributed by atoms with van der Waals surface area (Å²) in [7, 11) is 0. The Morgan fingerprint density at radius 3 is 3.00 bits per heavy atom. The fraction of sp³-hybridized carbons (Fsp3) is 0.400. The minimum absolute atomic E-state index is 0.742. The van der Waals surface area contributed by atoms with E-state index in [0.29, 0.717) is 0 Å². The van der Waals surface area contributed by atoms with Gasteiger partial charge < -0.3 is 10.1 Å². The summed E-state index contributed by atoms with van der Waals surface area (Å²) in [6.07, 6.45) is 1.81. The van der Waals surface area contributed by atoms with Crippen LogP contribution in [0.4, 0.5) is 0 Å². The number of aromatic nitrogens is 1. The Kier molecular flexibility index (Phi) is 3.91. The summed E-state index contributed by atoms with van der Waals surface area (Å²) < 4.78 is 5.83. The van der Waals surface area contributed by atoms with E-state index in [0.717, 1.165) is 56.0 Å². The standard InChI is InChI=1S/C15H19N3O/c1-2-13-12-14(3-4-15(13)17-5-1)19-11-10-18-8-6-16-7-9-18/h1-5,12,16H,6-11H2. The average molecular weight is 257 g/mol. The molecule has 2 heterocycles. The van der Waals surface area contributed by atoms with Gasteiger partial charge in [0.15, 0.2) is 0 Å². The topological polar surface area (TPSA) is 37.4 Å². The molecule has 1 aromatic heterocycles. The molecule has 0 unspecified atom stereocenters. The molecule has 1 aliphatic heterocycles. The van der Waals surface area contributed by atoms with Crippen LogP contribution in [0.5, 0.6) is 5.75 Å². The van der Waals surface area contributed by atoms with Crippen LogP contribution in [0.1, 0.15) is 0 Å². The maximum Gasteiger partial charge on any atom is 0.120 e. The van der Waals surface area contributed by atoms with Crippen molar-refractivity contribution < 1.29 is 4.74 Å². The Hall–Kier alpha value is -1.65. The third-order valence-corrected chi connectivity index (χ3v) is 3.46. The fourth-order valence-electron chi connectivity index (χ4n) is 2.37. The van der Waals surface area contributed by atoms with Crippen LogP contribution >= 0.6 is 0 Å². The van der Waals surface area contributed by atoms with Crippen molar-refractivity contribution in [2.24, 2.45) is 0 Å². The highest BCUT2D eigenvalue weighted by molar-refractivity contribution is 5.79. The number of rotatable bonds is 4. The van der Waals surface area contributed by atoms with Crippen molar-refractivity contribution in [1.82, 2.24) is 15.2 Å². The van der Waals surface area contributed by atoms with Gasteiger partial charge in [-0.3, -0.25) is 9.88 Å². The predicted molar refractivity (Wildman–Crippen MR) is 76.5 cm³/mol. The molecule has 0 bridgehead atoms. The van der Waals surface area contributed by atoms with Gasteiger partial charge in [-0.05, 0) is 24.3 Å². The van der Waals surface area contributed by atoms with Crippen LogP contribution in [0.3, 0.4) is 0 Å². The maximum absolute atomic E-state index is 5.83. The van der Waals surface area contributed by atoms with Gasteiger partial charge >= 0.3 is 0 Å². The highest BCUT2D eigenvalue weighted by Crippen LogP contribution is 2.18. The molecule has 100 valence electrons. The first-order valence-electron chi connectivity index (χ1n) is 6.82. The molecule has 1 aromatic carbocycles. The van der Waals surface area contributed by atoms with Gasteiger partial charge in [-0.2, -0.15) is 0 Å². The zero-order chi connectivity index (χ0) is 12.9. The summed E-state index contributed by atoms with van der Waals surface area (Å²) in [5.74, 6) is 0.927. The molecule has 1 saturated heterocycles. The first-order valence-corrected chi connectivity index (χ1v) is 6.82. The Balaban J connectivity index is 1.56. The second-order valence-corrected chi connectivity index (χ2v) is 4.80. The van der Waals surface area contributed by atoms with Gasteiger partial charge in [0, 0.05) is 44.3 Å². The van der Waals surface area contributed by atoms with E-state index in [1.807, 2.05) is 24.4 Å². The number of pyridine rings is 1. The van der Waals surface area contributed by atoms with Crippen molar-refractivity contribution in [3.8, 4) is 5.75 Å². The van der Waals surface area contributed by atoms with Gasteiger partial charge in [0.05, 0.1) is 5.52 Å². The Morgan fingerprint density at radius 2 is 2.11 bits per heavy atom. The molecule has 0 amide bonds. The van der Waals surface area contributed by atoms with Gasteiger partial charge in [0.25, 0.3) is 0 Å². The Morgan fingerprint density at radius 1 is 1.21 bits per heavy atom. The number of nitrogens with zero attached hydrogens (tertiary/aromatic N) is 2. The number of ether oxygens (including phenoxy) is 1. The molecule has 0 radical (unpaired) electrons. The van der Waals surface area contributed by atoms with Gasteiger partial charge in [-0.15, -0.1) is 0 Å². The highest BCUT2D eigenvalue weighted by atomic mass is 16.5. The third-order valence-electron chi connectivity index (χ3n) is 3.46.